The molecule has 1 unspecified atom stereocenters. The quantitative estimate of drug-likeness (QED) is 0.787. The van der Waals surface area contributed by atoms with Crippen LogP contribution >= 0.6 is 0 Å². The standard InChI is InChI=1S/C14H24N2O3/c17-13(15-12-5-1-2-6-12)10-16-7-3-4-11(9-16)8-14(18)19/h11-12H,1-10H2,(H,15,17)(H,18,19). The molecule has 5 heteroatoms. The molecule has 5 nitrogen and oxygen atoms in total. The maximum absolute atomic E-state index is 11.9. The Hall–Kier alpha value is -1.10. The van der Waals surface area contributed by atoms with Gasteiger partial charge in [-0.05, 0) is 38.1 Å². The number of rotatable bonds is 5. The first-order valence-corrected chi connectivity index (χ1v) is 7.37. The van der Waals surface area contributed by atoms with Crippen molar-refractivity contribution in [3.8, 4) is 0 Å². The molecule has 1 heterocycles. The maximum Gasteiger partial charge on any atom is 0.303 e. The lowest BCUT2D eigenvalue weighted by Gasteiger charge is -2.31. The SMILES string of the molecule is O=C(O)CC1CCCN(CC(=O)NC2CCCC2)C1. The molecule has 1 saturated heterocycles. The fourth-order valence-corrected chi connectivity index (χ4v) is 3.26. The van der Waals surface area contributed by atoms with Crippen molar-refractivity contribution in [1.82, 2.24) is 10.2 Å². The zero-order valence-corrected chi connectivity index (χ0v) is 11.4. The molecule has 0 aromatic heterocycles. The van der Waals surface area contributed by atoms with Gasteiger partial charge in [-0.3, -0.25) is 14.5 Å². The van der Waals surface area contributed by atoms with E-state index in [1.54, 1.807) is 0 Å². The molecule has 0 radical (unpaired) electrons. The average Bonchev–Trinajstić information content (AvgIpc) is 2.81. The minimum atomic E-state index is -0.734. The van der Waals surface area contributed by atoms with Crippen LogP contribution in [0.2, 0.25) is 0 Å². The normalized spacial score (nSPS) is 25.4. The van der Waals surface area contributed by atoms with E-state index >= 15 is 0 Å². The molecular formula is C14H24N2O3. The Morgan fingerprint density at radius 2 is 1.89 bits per heavy atom. The van der Waals surface area contributed by atoms with E-state index in [0.717, 1.165) is 38.8 Å². The number of carboxylic acid groups (broad SMARTS) is 1. The Balaban J connectivity index is 1.71. The molecule has 2 aliphatic rings. The lowest BCUT2D eigenvalue weighted by Crippen LogP contribution is -2.45. The summed E-state index contributed by atoms with van der Waals surface area (Å²) in [5.74, 6) is -0.435. The minimum absolute atomic E-state index is 0.0999. The molecule has 1 amide bonds. The molecule has 1 saturated carbocycles. The van der Waals surface area contributed by atoms with Crippen LogP contribution in [0, 0.1) is 5.92 Å². The van der Waals surface area contributed by atoms with Crippen LogP contribution in [-0.4, -0.2) is 47.6 Å². The van der Waals surface area contributed by atoms with Gasteiger partial charge < -0.3 is 10.4 Å². The molecule has 1 aliphatic heterocycles. The van der Waals surface area contributed by atoms with Crippen LogP contribution in [0.5, 0.6) is 0 Å². The second-order valence-electron chi connectivity index (χ2n) is 5.89. The van der Waals surface area contributed by atoms with Crippen molar-refractivity contribution in [3.63, 3.8) is 0 Å². The summed E-state index contributed by atoms with van der Waals surface area (Å²) in [7, 11) is 0. The lowest BCUT2D eigenvalue weighted by atomic mass is 9.95. The van der Waals surface area contributed by atoms with E-state index in [1.807, 2.05) is 0 Å². The maximum atomic E-state index is 11.9. The highest BCUT2D eigenvalue weighted by atomic mass is 16.4. The molecule has 0 bridgehead atoms. The third-order valence-electron chi connectivity index (χ3n) is 4.15. The van der Waals surface area contributed by atoms with Crippen molar-refractivity contribution in [1.29, 1.82) is 0 Å². The first-order valence-electron chi connectivity index (χ1n) is 7.37. The van der Waals surface area contributed by atoms with Gasteiger partial charge in [0.15, 0.2) is 0 Å². The number of nitrogens with one attached hydrogen (secondary N) is 1. The van der Waals surface area contributed by atoms with Gasteiger partial charge in [0.2, 0.25) is 5.91 Å². The fraction of sp³-hybridized carbons (Fsp3) is 0.857. The van der Waals surface area contributed by atoms with Gasteiger partial charge in [0.1, 0.15) is 0 Å². The number of likely N-dealkylation sites (tertiary alicyclic amines) is 1. The van der Waals surface area contributed by atoms with Gasteiger partial charge in [-0.15, -0.1) is 0 Å². The summed E-state index contributed by atoms with van der Waals surface area (Å²) in [6.07, 6.45) is 6.83. The smallest absolute Gasteiger partial charge is 0.303 e. The molecule has 108 valence electrons. The zero-order valence-electron chi connectivity index (χ0n) is 11.4. The number of amides is 1. The first-order chi connectivity index (χ1) is 9.13. The summed E-state index contributed by atoms with van der Waals surface area (Å²) < 4.78 is 0. The van der Waals surface area contributed by atoms with Gasteiger partial charge >= 0.3 is 5.97 Å². The third kappa shape index (κ3) is 4.82. The number of carbonyl (C=O) groups is 2. The topological polar surface area (TPSA) is 69.6 Å². The van der Waals surface area contributed by atoms with E-state index in [2.05, 4.69) is 10.2 Å². The fourth-order valence-electron chi connectivity index (χ4n) is 3.26. The molecule has 0 spiro atoms. The highest BCUT2D eigenvalue weighted by Crippen LogP contribution is 2.20. The number of nitrogens with zero attached hydrogens (tertiary/aromatic N) is 1. The van der Waals surface area contributed by atoms with Crippen LogP contribution in [-0.2, 0) is 9.59 Å². The first kappa shape index (κ1) is 14.3. The van der Waals surface area contributed by atoms with Crippen LogP contribution in [0.15, 0.2) is 0 Å². The van der Waals surface area contributed by atoms with Gasteiger partial charge in [0.25, 0.3) is 0 Å². The zero-order chi connectivity index (χ0) is 13.7. The monoisotopic (exact) mass is 268 g/mol. The Kier molecular flexibility index (Phi) is 5.19. The number of hydrogen-bond donors (Lipinski definition) is 2. The number of piperidine rings is 1. The second kappa shape index (κ2) is 6.89. The molecular weight excluding hydrogens is 244 g/mol. The van der Waals surface area contributed by atoms with Crippen LogP contribution in [0.3, 0.4) is 0 Å². The Morgan fingerprint density at radius 1 is 1.16 bits per heavy atom. The molecule has 2 rings (SSSR count). The molecule has 2 fully saturated rings. The summed E-state index contributed by atoms with van der Waals surface area (Å²) in [4.78, 5) is 24.8. The van der Waals surface area contributed by atoms with Crippen LogP contribution in [0.1, 0.15) is 44.9 Å². The van der Waals surface area contributed by atoms with E-state index in [4.69, 9.17) is 5.11 Å². The predicted molar refractivity (Wildman–Crippen MR) is 71.8 cm³/mol. The number of aliphatic carboxylic acids is 1. The van der Waals surface area contributed by atoms with Crippen molar-refractivity contribution in [2.75, 3.05) is 19.6 Å². The summed E-state index contributed by atoms with van der Waals surface area (Å²) in [6, 6.07) is 0.368. The van der Waals surface area contributed by atoms with E-state index in [1.165, 1.54) is 12.8 Å². The molecule has 1 atom stereocenters. The second-order valence-corrected chi connectivity index (χ2v) is 5.89. The van der Waals surface area contributed by atoms with Crippen LogP contribution in [0.25, 0.3) is 0 Å². The third-order valence-corrected chi connectivity index (χ3v) is 4.15. The Bertz CT molecular complexity index is 327. The lowest BCUT2D eigenvalue weighted by molar-refractivity contribution is -0.138. The summed E-state index contributed by atoms with van der Waals surface area (Å²) in [5, 5.41) is 11.9. The van der Waals surface area contributed by atoms with Crippen molar-refractivity contribution in [2.24, 2.45) is 5.92 Å². The summed E-state index contributed by atoms with van der Waals surface area (Å²) in [5.41, 5.74) is 0. The van der Waals surface area contributed by atoms with E-state index in [0.29, 0.717) is 12.6 Å². The minimum Gasteiger partial charge on any atom is -0.481 e. The predicted octanol–water partition coefficient (Wildman–Crippen LogP) is 1.23. The Labute approximate surface area is 114 Å². The molecule has 1 aliphatic carbocycles. The molecule has 2 N–H and O–H groups in total. The Morgan fingerprint density at radius 3 is 2.58 bits per heavy atom. The van der Waals surface area contributed by atoms with E-state index in [-0.39, 0.29) is 18.2 Å². The highest BCUT2D eigenvalue weighted by molar-refractivity contribution is 5.78. The van der Waals surface area contributed by atoms with Crippen molar-refractivity contribution in [2.45, 2.75) is 51.0 Å². The van der Waals surface area contributed by atoms with Gasteiger partial charge in [-0.25, -0.2) is 0 Å². The number of hydrogen-bond acceptors (Lipinski definition) is 3. The van der Waals surface area contributed by atoms with Gasteiger partial charge in [0.05, 0.1) is 6.54 Å². The van der Waals surface area contributed by atoms with E-state index in [9.17, 15) is 9.59 Å². The number of carbonyl (C=O) groups excluding carboxylic acids is 1. The van der Waals surface area contributed by atoms with Crippen molar-refractivity contribution >= 4 is 11.9 Å². The van der Waals surface area contributed by atoms with Crippen LogP contribution in [0.4, 0.5) is 0 Å². The molecule has 0 aromatic carbocycles. The largest absolute Gasteiger partial charge is 0.481 e. The molecule has 19 heavy (non-hydrogen) atoms. The van der Waals surface area contributed by atoms with Crippen molar-refractivity contribution in [3.05, 3.63) is 0 Å². The molecule has 0 aromatic rings. The van der Waals surface area contributed by atoms with Crippen LogP contribution < -0.4 is 5.32 Å². The van der Waals surface area contributed by atoms with Gasteiger partial charge in [0, 0.05) is 19.0 Å². The van der Waals surface area contributed by atoms with Crippen molar-refractivity contribution < 1.29 is 14.7 Å². The van der Waals surface area contributed by atoms with E-state index < -0.39 is 5.97 Å². The average molecular weight is 268 g/mol. The van der Waals surface area contributed by atoms with Gasteiger partial charge in [-0.2, -0.15) is 0 Å². The summed E-state index contributed by atoms with van der Waals surface area (Å²) in [6.45, 7) is 2.07. The summed E-state index contributed by atoms with van der Waals surface area (Å²) >= 11 is 0. The highest BCUT2D eigenvalue weighted by Gasteiger charge is 2.24. The van der Waals surface area contributed by atoms with Gasteiger partial charge in [-0.1, -0.05) is 12.8 Å². The number of carboxylic acids is 1.